The molecule has 0 radical (unpaired) electrons. The van der Waals surface area contributed by atoms with E-state index in [4.69, 9.17) is 5.11 Å². The summed E-state index contributed by atoms with van der Waals surface area (Å²) in [5.74, 6) is -0.863. The maximum absolute atomic E-state index is 10.9. The summed E-state index contributed by atoms with van der Waals surface area (Å²) in [5, 5.41) is 12.3. The number of carbonyl (C=O) groups is 1. The van der Waals surface area contributed by atoms with Crippen LogP contribution in [0.3, 0.4) is 0 Å². The summed E-state index contributed by atoms with van der Waals surface area (Å²) in [6.45, 7) is 6.40. The number of carboxylic acid groups (broad SMARTS) is 1. The molecule has 104 valence electrons. The maximum atomic E-state index is 10.9. The average molecular weight is 262 g/mol. The van der Waals surface area contributed by atoms with Gasteiger partial charge in [0.1, 0.15) is 0 Å². The van der Waals surface area contributed by atoms with E-state index in [1.807, 2.05) is 19.1 Å². The number of aromatic carboxylic acids is 1. The second-order valence-electron chi connectivity index (χ2n) is 5.16. The number of nitrogens with one attached hydrogen (secondary N) is 1. The fraction of sp³-hybridized carbons (Fsp3) is 0.533. The Morgan fingerprint density at radius 2 is 2.11 bits per heavy atom. The van der Waals surface area contributed by atoms with Gasteiger partial charge in [-0.1, -0.05) is 0 Å². The van der Waals surface area contributed by atoms with Crippen LogP contribution in [0.5, 0.6) is 0 Å². The first kappa shape index (κ1) is 13.9. The van der Waals surface area contributed by atoms with Crippen molar-refractivity contribution in [3.05, 3.63) is 29.3 Å². The molecular weight excluding hydrogens is 240 g/mol. The van der Waals surface area contributed by atoms with E-state index in [9.17, 15) is 4.79 Å². The lowest BCUT2D eigenvalue weighted by molar-refractivity contribution is 0.0696. The van der Waals surface area contributed by atoms with Crippen molar-refractivity contribution in [3.8, 4) is 0 Å². The Morgan fingerprint density at radius 3 is 2.74 bits per heavy atom. The minimum atomic E-state index is -0.863. The van der Waals surface area contributed by atoms with E-state index < -0.39 is 5.97 Å². The van der Waals surface area contributed by atoms with Crippen molar-refractivity contribution >= 4 is 11.7 Å². The Bertz CT molecular complexity index is 440. The van der Waals surface area contributed by atoms with Gasteiger partial charge in [-0.25, -0.2) is 4.79 Å². The summed E-state index contributed by atoms with van der Waals surface area (Å²) in [7, 11) is 0. The molecular formula is C15H22N2O2. The van der Waals surface area contributed by atoms with Crippen molar-refractivity contribution in [2.45, 2.75) is 26.2 Å². The fourth-order valence-electron chi connectivity index (χ4n) is 2.56. The van der Waals surface area contributed by atoms with Gasteiger partial charge in [0, 0.05) is 12.2 Å². The lowest BCUT2D eigenvalue weighted by atomic mass is 10.1. The summed E-state index contributed by atoms with van der Waals surface area (Å²) in [6.07, 6.45) is 3.80. The molecule has 2 N–H and O–H groups in total. The molecule has 0 amide bonds. The first-order valence-electron chi connectivity index (χ1n) is 6.97. The van der Waals surface area contributed by atoms with Crippen LogP contribution in [0.25, 0.3) is 0 Å². The van der Waals surface area contributed by atoms with Gasteiger partial charge < -0.3 is 15.3 Å². The summed E-state index contributed by atoms with van der Waals surface area (Å²) >= 11 is 0. The van der Waals surface area contributed by atoms with Gasteiger partial charge in [-0.3, -0.25) is 0 Å². The monoisotopic (exact) mass is 262 g/mol. The zero-order valence-electron chi connectivity index (χ0n) is 11.5. The van der Waals surface area contributed by atoms with E-state index in [2.05, 4.69) is 10.2 Å². The van der Waals surface area contributed by atoms with Crippen LogP contribution >= 0.6 is 0 Å². The number of carboxylic acids is 1. The summed E-state index contributed by atoms with van der Waals surface area (Å²) in [5.41, 5.74) is 2.18. The number of aryl methyl sites for hydroxylation is 1. The number of likely N-dealkylation sites (tertiary alicyclic amines) is 1. The van der Waals surface area contributed by atoms with Gasteiger partial charge in [-0.15, -0.1) is 0 Å². The number of rotatable bonds is 6. The van der Waals surface area contributed by atoms with Crippen LogP contribution in [0.1, 0.15) is 35.2 Å². The van der Waals surface area contributed by atoms with Crippen LogP contribution in [0.2, 0.25) is 0 Å². The highest BCUT2D eigenvalue weighted by molar-refractivity contribution is 5.89. The van der Waals surface area contributed by atoms with Crippen LogP contribution in [0.4, 0.5) is 5.69 Å². The van der Waals surface area contributed by atoms with Crippen molar-refractivity contribution in [1.82, 2.24) is 4.90 Å². The van der Waals surface area contributed by atoms with E-state index in [1.165, 1.54) is 25.9 Å². The molecule has 1 fully saturated rings. The first-order valence-corrected chi connectivity index (χ1v) is 6.97. The maximum Gasteiger partial charge on any atom is 0.335 e. The zero-order chi connectivity index (χ0) is 13.7. The fourth-order valence-corrected chi connectivity index (χ4v) is 2.56. The molecule has 0 aromatic heterocycles. The minimum Gasteiger partial charge on any atom is -0.478 e. The summed E-state index contributed by atoms with van der Waals surface area (Å²) in [6, 6.07) is 5.41. The Kier molecular flexibility index (Phi) is 4.80. The molecule has 0 atom stereocenters. The molecule has 1 aromatic rings. The second kappa shape index (κ2) is 6.57. The number of nitrogens with zero attached hydrogens (tertiary/aromatic N) is 1. The molecule has 4 nitrogen and oxygen atoms in total. The molecule has 2 rings (SSSR count). The Balaban J connectivity index is 1.76. The molecule has 1 aliphatic rings. The van der Waals surface area contributed by atoms with Gasteiger partial charge in [0.25, 0.3) is 0 Å². The quantitative estimate of drug-likeness (QED) is 0.774. The summed E-state index contributed by atoms with van der Waals surface area (Å²) in [4.78, 5) is 13.4. The molecule has 1 aliphatic heterocycles. The van der Waals surface area contributed by atoms with Crippen molar-refractivity contribution < 1.29 is 9.90 Å². The highest BCUT2D eigenvalue weighted by atomic mass is 16.4. The molecule has 0 aliphatic carbocycles. The number of benzene rings is 1. The van der Waals surface area contributed by atoms with Gasteiger partial charge in [-0.05, 0) is 69.6 Å². The predicted molar refractivity (Wildman–Crippen MR) is 76.9 cm³/mol. The van der Waals surface area contributed by atoms with Gasteiger partial charge >= 0.3 is 5.97 Å². The number of hydrogen-bond acceptors (Lipinski definition) is 3. The first-order chi connectivity index (χ1) is 9.16. The van der Waals surface area contributed by atoms with Crippen LogP contribution < -0.4 is 5.32 Å². The molecule has 19 heavy (non-hydrogen) atoms. The number of anilines is 1. The molecule has 1 heterocycles. The third-order valence-electron chi connectivity index (χ3n) is 3.64. The SMILES string of the molecule is Cc1cc(NCCCN2CCCC2)ccc1C(=O)O. The highest BCUT2D eigenvalue weighted by Gasteiger charge is 2.10. The van der Waals surface area contributed by atoms with Crippen molar-refractivity contribution in [2.24, 2.45) is 0 Å². The van der Waals surface area contributed by atoms with Crippen molar-refractivity contribution in [1.29, 1.82) is 0 Å². The third-order valence-corrected chi connectivity index (χ3v) is 3.64. The van der Waals surface area contributed by atoms with Gasteiger partial charge in [0.2, 0.25) is 0 Å². The Labute approximate surface area is 114 Å². The van der Waals surface area contributed by atoms with E-state index in [-0.39, 0.29) is 0 Å². The molecule has 1 saturated heterocycles. The second-order valence-corrected chi connectivity index (χ2v) is 5.16. The minimum absolute atomic E-state index is 0.377. The smallest absolute Gasteiger partial charge is 0.335 e. The largest absolute Gasteiger partial charge is 0.478 e. The molecule has 0 saturated carbocycles. The van der Waals surface area contributed by atoms with Gasteiger partial charge in [-0.2, -0.15) is 0 Å². The Morgan fingerprint density at radius 1 is 1.37 bits per heavy atom. The van der Waals surface area contributed by atoms with Crippen LogP contribution in [0, 0.1) is 6.92 Å². The van der Waals surface area contributed by atoms with Crippen LogP contribution in [-0.4, -0.2) is 42.2 Å². The van der Waals surface area contributed by atoms with Crippen molar-refractivity contribution in [2.75, 3.05) is 31.5 Å². The summed E-state index contributed by atoms with van der Waals surface area (Å²) < 4.78 is 0. The van der Waals surface area contributed by atoms with E-state index >= 15 is 0 Å². The molecule has 4 heteroatoms. The molecule has 1 aromatic carbocycles. The van der Waals surface area contributed by atoms with Gasteiger partial charge in [0.05, 0.1) is 5.56 Å². The van der Waals surface area contributed by atoms with Crippen LogP contribution in [0.15, 0.2) is 18.2 Å². The number of hydrogen-bond donors (Lipinski definition) is 2. The predicted octanol–water partition coefficient (Wildman–Crippen LogP) is 2.59. The lowest BCUT2D eigenvalue weighted by Gasteiger charge is -2.15. The molecule has 0 bridgehead atoms. The highest BCUT2D eigenvalue weighted by Crippen LogP contribution is 2.15. The van der Waals surface area contributed by atoms with E-state index in [0.717, 1.165) is 30.8 Å². The molecule has 0 unspecified atom stereocenters. The zero-order valence-corrected chi connectivity index (χ0v) is 11.5. The molecule has 0 spiro atoms. The van der Waals surface area contributed by atoms with E-state index in [0.29, 0.717) is 5.56 Å². The van der Waals surface area contributed by atoms with E-state index in [1.54, 1.807) is 6.07 Å². The Hall–Kier alpha value is -1.55. The average Bonchev–Trinajstić information content (AvgIpc) is 2.87. The van der Waals surface area contributed by atoms with Crippen LogP contribution in [-0.2, 0) is 0 Å². The van der Waals surface area contributed by atoms with Crippen molar-refractivity contribution in [3.63, 3.8) is 0 Å². The topological polar surface area (TPSA) is 52.6 Å². The lowest BCUT2D eigenvalue weighted by Crippen LogP contribution is -2.22. The third kappa shape index (κ3) is 3.96. The standard InChI is InChI=1S/C15H22N2O2/c1-12-11-13(5-6-14(12)15(18)19)16-7-4-10-17-8-2-3-9-17/h5-6,11,16H,2-4,7-10H2,1H3,(H,18,19). The normalized spacial score (nSPS) is 15.6. The van der Waals surface area contributed by atoms with Gasteiger partial charge in [0.15, 0.2) is 0 Å².